The molecule has 0 spiro atoms. The van der Waals surface area contributed by atoms with E-state index in [9.17, 15) is 0 Å². The maximum Gasteiger partial charge on any atom is 0.0640 e. The van der Waals surface area contributed by atoms with E-state index in [1.807, 2.05) is 0 Å². The molecule has 2 unspecified atom stereocenters. The van der Waals surface area contributed by atoms with Gasteiger partial charge in [0.05, 0.1) is 5.69 Å². The average molecular weight is 250 g/mol. The molecule has 1 heterocycles. The second kappa shape index (κ2) is 6.34. The van der Waals surface area contributed by atoms with Gasteiger partial charge in [-0.1, -0.05) is 26.2 Å². The fraction of sp³-hybridized carbons (Fsp3) is 0.786. The van der Waals surface area contributed by atoms with E-state index in [0.717, 1.165) is 24.5 Å². The zero-order valence-corrected chi connectivity index (χ0v) is 11.6. The topological polar surface area (TPSA) is 55.9 Å². The maximum absolute atomic E-state index is 5.66. The lowest BCUT2D eigenvalue weighted by Gasteiger charge is -2.29. The molecule has 0 aliphatic heterocycles. The first kappa shape index (κ1) is 13.6. The second-order valence-corrected chi connectivity index (χ2v) is 5.64. The van der Waals surface area contributed by atoms with Gasteiger partial charge in [-0.05, 0) is 31.7 Å². The highest BCUT2D eigenvalue weighted by atomic mass is 15.3. The average Bonchev–Trinajstić information content (AvgIpc) is 2.79. The van der Waals surface area contributed by atoms with Gasteiger partial charge in [-0.2, -0.15) is 5.10 Å². The number of rotatable bonds is 7. The molecular formula is C14H26N4. The van der Waals surface area contributed by atoms with Crippen molar-refractivity contribution in [2.75, 3.05) is 0 Å². The lowest BCUT2D eigenvalue weighted by molar-refractivity contribution is 0.259. The fourth-order valence-corrected chi connectivity index (χ4v) is 2.51. The molecule has 1 aromatic rings. The molecule has 4 heteroatoms. The standard InChI is InChI=1S/C14H26N4/c1-3-11(2)18-8-7-13(17-18)10-14(16-15)9-12-5-4-6-12/h7-8,11-12,14,16H,3-6,9-10,15H2,1-2H3. The van der Waals surface area contributed by atoms with Crippen LogP contribution >= 0.6 is 0 Å². The summed E-state index contributed by atoms with van der Waals surface area (Å²) in [5, 5.41) is 4.64. The fourth-order valence-electron chi connectivity index (χ4n) is 2.51. The minimum absolute atomic E-state index is 0.371. The van der Waals surface area contributed by atoms with Crippen molar-refractivity contribution in [2.24, 2.45) is 11.8 Å². The largest absolute Gasteiger partial charge is 0.271 e. The van der Waals surface area contributed by atoms with E-state index in [0.29, 0.717) is 12.1 Å². The number of hydrogen-bond acceptors (Lipinski definition) is 3. The van der Waals surface area contributed by atoms with Gasteiger partial charge in [0.2, 0.25) is 0 Å². The van der Waals surface area contributed by atoms with Gasteiger partial charge in [0.1, 0.15) is 0 Å². The lowest BCUT2D eigenvalue weighted by atomic mass is 9.80. The highest BCUT2D eigenvalue weighted by Gasteiger charge is 2.22. The molecule has 0 bridgehead atoms. The van der Waals surface area contributed by atoms with Crippen molar-refractivity contribution in [2.45, 2.75) is 64.5 Å². The maximum atomic E-state index is 5.66. The first-order chi connectivity index (χ1) is 8.72. The van der Waals surface area contributed by atoms with Crippen LogP contribution in [0.2, 0.25) is 0 Å². The summed E-state index contributed by atoms with van der Waals surface area (Å²) in [4.78, 5) is 0. The Labute approximate surface area is 110 Å². The van der Waals surface area contributed by atoms with E-state index >= 15 is 0 Å². The highest BCUT2D eigenvalue weighted by molar-refractivity contribution is 5.02. The smallest absolute Gasteiger partial charge is 0.0640 e. The third-order valence-corrected chi connectivity index (χ3v) is 4.24. The Morgan fingerprint density at radius 1 is 1.56 bits per heavy atom. The number of nitrogens with two attached hydrogens (primary N) is 1. The van der Waals surface area contributed by atoms with Gasteiger partial charge in [-0.15, -0.1) is 0 Å². The van der Waals surface area contributed by atoms with Crippen LogP contribution in [-0.4, -0.2) is 15.8 Å². The van der Waals surface area contributed by atoms with Crippen molar-refractivity contribution < 1.29 is 0 Å². The zero-order chi connectivity index (χ0) is 13.0. The quantitative estimate of drug-likeness (QED) is 0.577. The Morgan fingerprint density at radius 3 is 2.89 bits per heavy atom. The van der Waals surface area contributed by atoms with Crippen molar-refractivity contribution in [1.82, 2.24) is 15.2 Å². The van der Waals surface area contributed by atoms with E-state index in [1.165, 1.54) is 25.7 Å². The summed E-state index contributed by atoms with van der Waals surface area (Å²) in [7, 11) is 0. The molecule has 0 aromatic carbocycles. The predicted molar refractivity (Wildman–Crippen MR) is 74.0 cm³/mol. The Kier molecular flexibility index (Phi) is 4.78. The second-order valence-electron chi connectivity index (χ2n) is 5.64. The van der Waals surface area contributed by atoms with E-state index in [4.69, 9.17) is 5.84 Å². The molecule has 0 saturated heterocycles. The van der Waals surface area contributed by atoms with Gasteiger partial charge >= 0.3 is 0 Å². The van der Waals surface area contributed by atoms with Crippen LogP contribution in [0.5, 0.6) is 0 Å². The Balaban J connectivity index is 1.87. The summed E-state index contributed by atoms with van der Waals surface area (Å²) in [6, 6.07) is 2.97. The number of hydrogen-bond donors (Lipinski definition) is 2. The van der Waals surface area contributed by atoms with Crippen molar-refractivity contribution in [3.63, 3.8) is 0 Å². The van der Waals surface area contributed by atoms with E-state index < -0.39 is 0 Å². The molecule has 0 amide bonds. The van der Waals surface area contributed by atoms with Crippen LogP contribution in [0, 0.1) is 5.92 Å². The minimum Gasteiger partial charge on any atom is -0.271 e. The van der Waals surface area contributed by atoms with Crippen LogP contribution in [0.25, 0.3) is 0 Å². The molecule has 1 aliphatic carbocycles. The van der Waals surface area contributed by atoms with Crippen LogP contribution in [0.3, 0.4) is 0 Å². The van der Waals surface area contributed by atoms with E-state index in [1.54, 1.807) is 0 Å². The van der Waals surface area contributed by atoms with Crippen molar-refractivity contribution in [1.29, 1.82) is 0 Å². The van der Waals surface area contributed by atoms with Gasteiger partial charge in [-0.3, -0.25) is 16.0 Å². The van der Waals surface area contributed by atoms with Crippen molar-refractivity contribution in [3.8, 4) is 0 Å². The van der Waals surface area contributed by atoms with E-state index in [-0.39, 0.29) is 0 Å². The molecule has 0 radical (unpaired) electrons. The molecule has 1 fully saturated rings. The van der Waals surface area contributed by atoms with Crippen LogP contribution in [0.1, 0.15) is 57.7 Å². The SMILES string of the molecule is CCC(C)n1ccc(CC(CC2CCC2)NN)n1. The van der Waals surface area contributed by atoms with Crippen molar-refractivity contribution >= 4 is 0 Å². The third-order valence-electron chi connectivity index (χ3n) is 4.24. The van der Waals surface area contributed by atoms with Crippen LogP contribution in [0.15, 0.2) is 12.3 Å². The van der Waals surface area contributed by atoms with Gasteiger partial charge in [-0.25, -0.2) is 0 Å². The summed E-state index contributed by atoms with van der Waals surface area (Å²) >= 11 is 0. The number of hydrazine groups is 1. The van der Waals surface area contributed by atoms with Crippen LogP contribution in [0.4, 0.5) is 0 Å². The predicted octanol–water partition coefficient (Wildman–Crippen LogP) is 2.42. The molecule has 18 heavy (non-hydrogen) atoms. The monoisotopic (exact) mass is 250 g/mol. The molecule has 4 nitrogen and oxygen atoms in total. The first-order valence-corrected chi connectivity index (χ1v) is 7.23. The first-order valence-electron chi connectivity index (χ1n) is 7.23. The normalized spacial score (nSPS) is 19.5. The van der Waals surface area contributed by atoms with Crippen molar-refractivity contribution in [3.05, 3.63) is 18.0 Å². The summed E-state index contributed by atoms with van der Waals surface area (Å²) in [5.74, 6) is 6.53. The minimum atomic E-state index is 0.371. The Bertz CT molecular complexity index is 356. The van der Waals surface area contributed by atoms with Gasteiger partial charge < -0.3 is 0 Å². The Morgan fingerprint density at radius 2 is 2.33 bits per heavy atom. The molecule has 102 valence electrons. The summed E-state index contributed by atoms with van der Waals surface area (Å²) in [6.45, 7) is 4.39. The van der Waals surface area contributed by atoms with Crippen LogP contribution in [-0.2, 0) is 6.42 Å². The third kappa shape index (κ3) is 3.33. The summed E-state index contributed by atoms with van der Waals surface area (Å²) < 4.78 is 2.06. The van der Waals surface area contributed by atoms with Gasteiger partial charge in [0.25, 0.3) is 0 Å². The highest BCUT2D eigenvalue weighted by Crippen LogP contribution is 2.30. The lowest BCUT2D eigenvalue weighted by Crippen LogP contribution is -2.39. The van der Waals surface area contributed by atoms with Gasteiger partial charge in [0, 0.05) is 24.7 Å². The molecular weight excluding hydrogens is 224 g/mol. The molecule has 2 rings (SSSR count). The molecule has 1 aromatic heterocycles. The summed E-state index contributed by atoms with van der Waals surface area (Å²) in [5.41, 5.74) is 4.10. The molecule has 3 N–H and O–H groups in total. The summed E-state index contributed by atoms with van der Waals surface area (Å²) in [6.07, 6.45) is 9.47. The Hall–Kier alpha value is -0.870. The molecule has 2 atom stereocenters. The molecule has 1 aliphatic rings. The van der Waals surface area contributed by atoms with E-state index in [2.05, 4.69) is 41.3 Å². The van der Waals surface area contributed by atoms with Gasteiger partial charge in [0.15, 0.2) is 0 Å². The number of aromatic nitrogens is 2. The number of nitrogens with one attached hydrogen (secondary N) is 1. The molecule has 1 saturated carbocycles. The van der Waals surface area contributed by atoms with Crippen LogP contribution < -0.4 is 11.3 Å². The number of nitrogens with zero attached hydrogens (tertiary/aromatic N) is 2. The zero-order valence-electron chi connectivity index (χ0n) is 11.6.